The Balaban J connectivity index is 1.93. The molecule has 28 heavy (non-hydrogen) atoms. The first-order chi connectivity index (χ1) is 13.2. The number of ketones is 1. The van der Waals surface area contributed by atoms with E-state index in [4.69, 9.17) is 0 Å². The monoisotopic (exact) mass is 393 g/mol. The Bertz CT molecular complexity index is 816. The van der Waals surface area contributed by atoms with Gasteiger partial charge in [-0.25, -0.2) is 0 Å². The Hall–Kier alpha value is -2.83. The molecule has 2 aromatic rings. The second-order valence-corrected chi connectivity index (χ2v) is 6.38. The fraction of sp³-hybridized carbons (Fsp3) is 0.333. The van der Waals surface area contributed by atoms with E-state index in [1.807, 2.05) is 19.1 Å². The number of carbonyl (C=O) groups is 2. The fourth-order valence-electron chi connectivity index (χ4n) is 2.68. The quantitative estimate of drug-likeness (QED) is 0.607. The fourth-order valence-corrected chi connectivity index (χ4v) is 2.68. The lowest BCUT2D eigenvalue weighted by Crippen LogP contribution is -2.27. The molecule has 0 aromatic heterocycles. The number of ether oxygens (including phenoxy) is 1. The zero-order valence-electron chi connectivity index (χ0n) is 15.8. The number of hydrogen-bond acceptors (Lipinski definition) is 3. The van der Waals surface area contributed by atoms with Gasteiger partial charge in [-0.1, -0.05) is 49.4 Å². The molecule has 1 amide bonds. The van der Waals surface area contributed by atoms with Crippen molar-refractivity contribution >= 4 is 11.7 Å². The topological polar surface area (TPSA) is 46.6 Å². The summed E-state index contributed by atoms with van der Waals surface area (Å²) in [4.78, 5) is 25.8. The predicted octanol–water partition coefficient (Wildman–Crippen LogP) is 4.77. The van der Waals surface area contributed by atoms with Crippen LogP contribution in [0.2, 0.25) is 0 Å². The van der Waals surface area contributed by atoms with Crippen molar-refractivity contribution < 1.29 is 27.5 Å². The first-order valence-corrected chi connectivity index (χ1v) is 8.89. The summed E-state index contributed by atoms with van der Waals surface area (Å²) in [6, 6.07) is 12.9. The second kappa shape index (κ2) is 9.39. The van der Waals surface area contributed by atoms with Crippen molar-refractivity contribution in [3.05, 3.63) is 65.2 Å². The van der Waals surface area contributed by atoms with Crippen molar-refractivity contribution in [1.82, 2.24) is 4.90 Å². The van der Waals surface area contributed by atoms with Crippen molar-refractivity contribution in [2.75, 3.05) is 7.05 Å². The summed E-state index contributed by atoms with van der Waals surface area (Å²) in [6.45, 7) is 1.97. The molecule has 2 aromatic carbocycles. The smallest absolute Gasteiger partial charge is 0.405 e. The lowest BCUT2D eigenvalue weighted by molar-refractivity contribution is -0.275. The number of Topliss-reactive ketones (excluding diaryl/α,β-unsaturated/α-hetero) is 1. The molecule has 0 fully saturated rings. The lowest BCUT2D eigenvalue weighted by atomic mass is 10.0. The first-order valence-electron chi connectivity index (χ1n) is 8.89. The number of rotatable bonds is 8. The van der Waals surface area contributed by atoms with Crippen molar-refractivity contribution in [3.63, 3.8) is 0 Å². The van der Waals surface area contributed by atoms with E-state index in [-0.39, 0.29) is 42.4 Å². The number of amides is 1. The summed E-state index contributed by atoms with van der Waals surface area (Å²) >= 11 is 0. The van der Waals surface area contributed by atoms with Gasteiger partial charge in [0, 0.05) is 37.6 Å². The van der Waals surface area contributed by atoms with Crippen LogP contribution in [0.5, 0.6) is 5.75 Å². The third-order valence-electron chi connectivity index (χ3n) is 4.28. The van der Waals surface area contributed by atoms with Crippen LogP contribution in [0.25, 0.3) is 0 Å². The normalized spacial score (nSPS) is 11.2. The molecule has 0 atom stereocenters. The van der Waals surface area contributed by atoms with Crippen LogP contribution in [0.15, 0.2) is 48.5 Å². The molecule has 0 radical (unpaired) electrons. The highest BCUT2D eigenvalue weighted by Gasteiger charge is 2.32. The zero-order valence-corrected chi connectivity index (χ0v) is 15.8. The molecule has 0 N–H and O–H groups in total. The molecule has 0 spiro atoms. The maximum absolute atomic E-state index is 12.5. The Morgan fingerprint density at radius 2 is 1.64 bits per heavy atom. The van der Waals surface area contributed by atoms with Crippen LogP contribution < -0.4 is 4.74 Å². The van der Waals surface area contributed by atoms with Gasteiger partial charge >= 0.3 is 6.36 Å². The minimum absolute atomic E-state index is 0.0207. The molecule has 0 aliphatic carbocycles. The number of carbonyl (C=O) groups excluding carboxylic acids is 2. The van der Waals surface area contributed by atoms with Crippen LogP contribution in [0.4, 0.5) is 13.2 Å². The molecule has 150 valence electrons. The van der Waals surface area contributed by atoms with Gasteiger partial charge < -0.3 is 9.64 Å². The maximum Gasteiger partial charge on any atom is 0.573 e. The van der Waals surface area contributed by atoms with Gasteiger partial charge in [0.1, 0.15) is 5.75 Å². The van der Waals surface area contributed by atoms with E-state index in [2.05, 4.69) is 4.74 Å². The molecular formula is C21H22F3NO3. The van der Waals surface area contributed by atoms with Gasteiger partial charge in [-0.2, -0.15) is 0 Å². The second-order valence-electron chi connectivity index (χ2n) is 6.38. The summed E-state index contributed by atoms with van der Waals surface area (Å²) in [6.07, 6.45) is -3.92. The SMILES string of the molecule is CCc1ccc(C(=O)CCC(=O)N(C)Cc2ccccc2OC(F)(F)F)cc1. The van der Waals surface area contributed by atoms with E-state index >= 15 is 0 Å². The summed E-state index contributed by atoms with van der Waals surface area (Å²) in [7, 11) is 1.48. The van der Waals surface area contributed by atoms with Gasteiger partial charge in [0.2, 0.25) is 5.91 Å². The highest BCUT2D eigenvalue weighted by molar-refractivity contribution is 5.97. The molecule has 7 heteroatoms. The lowest BCUT2D eigenvalue weighted by Gasteiger charge is -2.20. The molecule has 0 heterocycles. The number of nitrogens with zero attached hydrogens (tertiary/aromatic N) is 1. The average molecular weight is 393 g/mol. The molecule has 4 nitrogen and oxygen atoms in total. The van der Waals surface area contributed by atoms with Gasteiger partial charge in [-0.15, -0.1) is 13.2 Å². The predicted molar refractivity (Wildman–Crippen MR) is 99.0 cm³/mol. The third kappa shape index (κ3) is 6.40. The van der Waals surface area contributed by atoms with E-state index in [1.54, 1.807) is 18.2 Å². The van der Waals surface area contributed by atoms with Crippen LogP contribution in [-0.4, -0.2) is 30.0 Å². The molecule has 0 bridgehead atoms. The van der Waals surface area contributed by atoms with Crippen molar-refractivity contribution in [1.29, 1.82) is 0 Å². The van der Waals surface area contributed by atoms with Crippen LogP contribution in [-0.2, 0) is 17.8 Å². The summed E-state index contributed by atoms with van der Waals surface area (Å²) in [5.41, 5.74) is 1.89. The molecule has 0 saturated carbocycles. The largest absolute Gasteiger partial charge is 0.573 e. The van der Waals surface area contributed by atoms with Crippen LogP contribution in [0.1, 0.15) is 41.3 Å². The Kier molecular flexibility index (Phi) is 7.20. The molecule has 2 rings (SSSR count). The minimum Gasteiger partial charge on any atom is -0.405 e. The van der Waals surface area contributed by atoms with E-state index in [1.165, 1.54) is 30.1 Å². The Morgan fingerprint density at radius 3 is 2.25 bits per heavy atom. The number of halogens is 3. The number of benzene rings is 2. The number of hydrogen-bond donors (Lipinski definition) is 0. The summed E-state index contributed by atoms with van der Waals surface area (Å²) < 4.78 is 41.5. The van der Waals surface area contributed by atoms with E-state index < -0.39 is 6.36 Å². The van der Waals surface area contributed by atoms with Crippen molar-refractivity contribution in [2.45, 2.75) is 39.1 Å². The number of para-hydroxylation sites is 1. The Labute approximate surface area is 161 Å². The minimum atomic E-state index is -4.81. The molecule has 0 saturated heterocycles. The van der Waals surface area contributed by atoms with Crippen LogP contribution >= 0.6 is 0 Å². The Morgan fingerprint density at radius 1 is 1.00 bits per heavy atom. The molecule has 0 unspecified atom stereocenters. The van der Waals surface area contributed by atoms with Gasteiger partial charge in [0.25, 0.3) is 0 Å². The van der Waals surface area contributed by atoms with Gasteiger partial charge in [-0.3, -0.25) is 9.59 Å². The van der Waals surface area contributed by atoms with Crippen molar-refractivity contribution in [3.8, 4) is 5.75 Å². The number of aryl methyl sites for hydroxylation is 1. The molecule has 0 aliphatic rings. The van der Waals surface area contributed by atoms with Crippen molar-refractivity contribution in [2.24, 2.45) is 0 Å². The number of alkyl halides is 3. The van der Waals surface area contributed by atoms with E-state index in [9.17, 15) is 22.8 Å². The van der Waals surface area contributed by atoms with Gasteiger partial charge in [0.05, 0.1) is 0 Å². The maximum atomic E-state index is 12.5. The summed E-state index contributed by atoms with van der Waals surface area (Å²) in [5, 5.41) is 0. The van der Waals surface area contributed by atoms with E-state index in [0.717, 1.165) is 12.0 Å². The highest BCUT2D eigenvalue weighted by atomic mass is 19.4. The van der Waals surface area contributed by atoms with Gasteiger partial charge in [0.15, 0.2) is 5.78 Å². The van der Waals surface area contributed by atoms with Gasteiger partial charge in [-0.05, 0) is 18.1 Å². The average Bonchev–Trinajstić information content (AvgIpc) is 2.66. The summed E-state index contributed by atoms with van der Waals surface area (Å²) in [5.74, 6) is -0.827. The molecule has 0 aliphatic heterocycles. The highest BCUT2D eigenvalue weighted by Crippen LogP contribution is 2.27. The zero-order chi connectivity index (χ0) is 20.7. The van der Waals surface area contributed by atoms with E-state index in [0.29, 0.717) is 5.56 Å². The van der Waals surface area contributed by atoms with Crippen LogP contribution in [0.3, 0.4) is 0 Å². The van der Waals surface area contributed by atoms with Crippen LogP contribution in [0, 0.1) is 0 Å². The molecular weight excluding hydrogens is 371 g/mol. The first kappa shape index (κ1) is 21.5. The standard InChI is InChI=1S/C21H22F3NO3/c1-3-15-8-10-16(11-9-15)18(26)12-13-20(27)25(2)14-17-6-4-5-7-19(17)28-21(22,23)24/h4-11H,3,12-14H2,1-2H3. The third-order valence-corrected chi connectivity index (χ3v) is 4.28.